The summed E-state index contributed by atoms with van der Waals surface area (Å²) in [6, 6.07) is 12.6. The molecule has 1 amide bonds. The van der Waals surface area contributed by atoms with Crippen LogP contribution in [0, 0.1) is 0 Å². The van der Waals surface area contributed by atoms with Gasteiger partial charge in [-0.15, -0.1) is 11.3 Å². The van der Waals surface area contributed by atoms with Crippen molar-refractivity contribution in [3.05, 3.63) is 70.2 Å². The molecule has 4 rings (SSSR count). The number of aromatic nitrogens is 1. The Kier molecular flexibility index (Phi) is 6.57. The molecule has 1 saturated heterocycles. The van der Waals surface area contributed by atoms with Crippen molar-refractivity contribution in [3.63, 3.8) is 0 Å². The summed E-state index contributed by atoms with van der Waals surface area (Å²) in [4.78, 5) is 21.1. The van der Waals surface area contributed by atoms with Gasteiger partial charge in [-0.3, -0.25) is 4.79 Å². The van der Waals surface area contributed by atoms with E-state index in [1.165, 1.54) is 17.4 Å². The van der Waals surface area contributed by atoms with Gasteiger partial charge in [0.15, 0.2) is 5.13 Å². The van der Waals surface area contributed by atoms with E-state index in [1.54, 1.807) is 11.4 Å². The highest BCUT2D eigenvalue weighted by Crippen LogP contribution is 2.32. The van der Waals surface area contributed by atoms with Crippen LogP contribution in [0.1, 0.15) is 11.3 Å². The molecule has 10 heteroatoms. The van der Waals surface area contributed by atoms with Crippen LogP contribution >= 0.6 is 22.9 Å². The largest absolute Gasteiger partial charge is 0.416 e. The normalized spacial score (nSPS) is 14.5. The van der Waals surface area contributed by atoms with Crippen LogP contribution in [0.3, 0.4) is 0 Å². The van der Waals surface area contributed by atoms with Crippen molar-refractivity contribution in [2.24, 2.45) is 0 Å². The monoisotopic (exact) mass is 480 g/mol. The Bertz CT molecular complexity index is 1080. The number of thiazole rings is 1. The number of piperazine rings is 1. The zero-order valence-corrected chi connectivity index (χ0v) is 18.5. The van der Waals surface area contributed by atoms with E-state index in [0.29, 0.717) is 34.6 Å². The van der Waals surface area contributed by atoms with E-state index < -0.39 is 11.7 Å². The van der Waals surface area contributed by atoms with E-state index in [0.717, 1.165) is 30.9 Å². The highest BCUT2D eigenvalue weighted by Gasteiger charge is 2.30. The number of nitrogens with zero attached hydrogens (tertiary/aromatic N) is 3. The van der Waals surface area contributed by atoms with Gasteiger partial charge in [0.05, 0.1) is 17.7 Å². The summed E-state index contributed by atoms with van der Waals surface area (Å²) >= 11 is 7.19. The Morgan fingerprint density at radius 3 is 2.50 bits per heavy atom. The molecule has 0 radical (unpaired) electrons. The predicted octanol–water partition coefficient (Wildman–Crippen LogP) is 5.45. The van der Waals surface area contributed by atoms with Gasteiger partial charge in [-0.2, -0.15) is 13.2 Å². The maximum absolute atomic E-state index is 12.9. The zero-order valence-electron chi connectivity index (χ0n) is 16.9. The summed E-state index contributed by atoms with van der Waals surface area (Å²) in [5.74, 6) is -0.0170. The number of alkyl halides is 3. The first-order valence-corrected chi connectivity index (χ1v) is 11.2. The van der Waals surface area contributed by atoms with Crippen LogP contribution in [0.25, 0.3) is 0 Å². The molecule has 0 bridgehead atoms. The highest BCUT2D eigenvalue weighted by atomic mass is 35.5. The van der Waals surface area contributed by atoms with Gasteiger partial charge in [-0.25, -0.2) is 4.98 Å². The summed E-state index contributed by atoms with van der Waals surface area (Å²) in [7, 11) is 0. The lowest BCUT2D eigenvalue weighted by Gasteiger charge is -2.36. The molecule has 2 aromatic carbocycles. The number of nitrogens with one attached hydrogen (secondary N) is 1. The Labute approximate surface area is 192 Å². The Morgan fingerprint density at radius 2 is 1.81 bits per heavy atom. The van der Waals surface area contributed by atoms with Gasteiger partial charge in [0, 0.05) is 48.0 Å². The molecule has 32 heavy (non-hydrogen) atoms. The molecular weight excluding hydrogens is 461 g/mol. The molecule has 0 unspecified atom stereocenters. The van der Waals surface area contributed by atoms with E-state index >= 15 is 0 Å². The van der Waals surface area contributed by atoms with E-state index in [1.807, 2.05) is 29.2 Å². The second-order valence-corrected chi connectivity index (χ2v) is 8.66. The Hall–Kier alpha value is -2.78. The van der Waals surface area contributed by atoms with Crippen molar-refractivity contribution in [2.75, 3.05) is 36.4 Å². The molecule has 2 heterocycles. The molecule has 0 saturated carbocycles. The van der Waals surface area contributed by atoms with E-state index in [4.69, 9.17) is 11.6 Å². The van der Waals surface area contributed by atoms with Crippen molar-refractivity contribution in [2.45, 2.75) is 12.6 Å². The summed E-state index contributed by atoms with van der Waals surface area (Å²) in [6.07, 6.45) is -4.25. The van der Waals surface area contributed by atoms with Crippen LogP contribution in [0.2, 0.25) is 5.02 Å². The molecule has 1 aromatic heterocycles. The van der Waals surface area contributed by atoms with Crippen LogP contribution in [-0.2, 0) is 17.4 Å². The molecule has 0 spiro atoms. The van der Waals surface area contributed by atoms with Crippen LogP contribution in [-0.4, -0.2) is 42.0 Å². The molecule has 1 N–H and O–H groups in total. The molecule has 168 valence electrons. The fraction of sp³-hybridized carbons (Fsp3) is 0.273. The number of carbonyl (C=O) groups is 1. The van der Waals surface area contributed by atoms with E-state index in [9.17, 15) is 18.0 Å². The summed E-state index contributed by atoms with van der Waals surface area (Å²) in [5, 5.41) is 5.76. The van der Waals surface area contributed by atoms with Crippen molar-refractivity contribution in [3.8, 4) is 0 Å². The highest BCUT2D eigenvalue weighted by molar-refractivity contribution is 7.13. The number of hydrogen-bond donors (Lipinski definition) is 1. The van der Waals surface area contributed by atoms with Crippen molar-refractivity contribution in [1.29, 1.82) is 0 Å². The van der Waals surface area contributed by atoms with Gasteiger partial charge in [0.1, 0.15) is 0 Å². The third kappa shape index (κ3) is 5.52. The van der Waals surface area contributed by atoms with Gasteiger partial charge in [0.25, 0.3) is 0 Å². The third-order valence-corrected chi connectivity index (χ3v) is 6.21. The van der Waals surface area contributed by atoms with Gasteiger partial charge < -0.3 is 15.1 Å². The van der Waals surface area contributed by atoms with Crippen LogP contribution < -0.4 is 10.2 Å². The zero-order chi connectivity index (χ0) is 22.7. The standard InChI is InChI=1S/C22H20ClF3N4OS/c23-16-4-6-19(7-5-16)29-8-10-30(11-9-29)20(31)13-18-14-32-21(28-18)27-17-3-1-2-15(12-17)22(24,25)26/h1-7,12,14H,8-11,13H2,(H,27,28). The van der Waals surface area contributed by atoms with Crippen LogP contribution in [0.5, 0.6) is 0 Å². The average molecular weight is 481 g/mol. The second kappa shape index (κ2) is 9.38. The average Bonchev–Trinajstić information content (AvgIpc) is 3.20. The molecule has 5 nitrogen and oxygen atoms in total. The Balaban J connectivity index is 1.31. The van der Waals surface area contributed by atoms with Gasteiger partial charge in [0.2, 0.25) is 5.91 Å². The van der Waals surface area contributed by atoms with Crippen molar-refractivity contribution >= 4 is 45.4 Å². The lowest BCUT2D eigenvalue weighted by atomic mass is 10.2. The third-order valence-electron chi connectivity index (χ3n) is 5.15. The molecule has 3 aromatic rings. The minimum atomic E-state index is -4.41. The maximum Gasteiger partial charge on any atom is 0.416 e. The van der Waals surface area contributed by atoms with Gasteiger partial charge >= 0.3 is 6.18 Å². The number of hydrogen-bond acceptors (Lipinski definition) is 5. The number of carbonyl (C=O) groups excluding carboxylic acids is 1. The fourth-order valence-electron chi connectivity index (χ4n) is 3.48. The first-order valence-electron chi connectivity index (χ1n) is 9.95. The summed E-state index contributed by atoms with van der Waals surface area (Å²) in [5.41, 5.74) is 1.23. The summed E-state index contributed by atoms with van der Waals surface area (Å²) in [6.45, 7) is 2.68. The first kappa shape index (κ1) is 22.4. The molecule has 1 fully saturated rings. The minimum absolute atomic E-state index is 0.0170. The number of anilines is 3. The van der Waals surface area contributed by atoms with Crippen LogP contribution in [0.4, 0.5) is 29.7 Å². The SMILES string of the molecule is O=C(Cc1csc(Nc2cccc(C(F)(F)F)c2)n1)N1CCN(c2ccc(Cl)cc2)CC1. The molecule has 1 aliphatic rings. The second-order valence-electron chi connectivity index (χ2n) is 7.37. The number of rotatable bonds is 5. The van der Waals surface area contributed by atoms with Crippen molar-refractivity contribution < 1.29 is 18.0 Å². The van der Waals surface area contributed by atoms with Crippen LogP contribution in [0.15, 0.2) is 53.9 Å². The molecule has 0 atom stereocenters. The lowest BCUT2D eigenvalue weighted by molar-refractivity contribution is -0.137. The number of amides is 1. The predicted molar refractivity (Wildman–Crippen MR) is 121 cm³/mol. The smallest absolute Gasteiger partial charge is 0.368 e. The topological polar surface area (TPSA) is 48.5 Å². The number of halogens is 4. The first-order chi connectivity index (χ1) is 15.3. The van der Waals surface area contributed by atoms with Crippen molar-refractivity contribution in [1.82, 2.24) is 9.88 Å². The molecule has 1 aliphatic heterocycles. The lowest BCUT2D eigenvalue weighted by Crippen LogP contribution is -2.49. The minimum Gasteiger partial charge on any atom is -0.368 e. The van der Waals surface area contributed by atoms with Gasteiger partial charge in [-0.05, 0) is 42.5 Å². The Morgan fingerprint density at radius 1 is 1.09 bits per heavy atom. The maximum atomic E-state index is 12.9. The summed E-state index contributed by atoms with van der Waals surface area (Å²) < 4.78 is 38.6. The fourth-order valence-corrected chi connectivity index (χ4v) is 4.33. The quantitative estimate of drug-likeness (QED) is 0.527. The number of benzene rings is 2. The molecule has 0 aliphatic carbocycles. The van der Waals surface area contributed by atoms with E-state index in [-0.39, 0.29) is 12.3 Å². The molecular formula is C22H20ClF3N4OS. The van der Waals surface area contributed by atoms with Gasteiger partial charge in [-0.1, -0.05) is 17.7 Å². The van der Waals surface area contributed by atoms with E-state index in [2.05, 4.69) is 15.2 Å².